The van der Waals surface area contributed by atoms with E-state index >= 15 is 0 Å². The summed E-state index contributed by atoms with van der Waals surface area (Å²) in [5.74, 6) is 0.494. The average Bonchev–Trinajstić information content (AvgIpc) is 2.15. The van der Waals surface area contributed by atoms with E-state index in [2.05, 4.69) is 12.2 Å². The molecule has 14 heavy (non-hydrogen) atoms. The zero-order valence-corrected chi connectivity index (χ0v) is 8.42. The van der Waals surface area contributed by atoms with Crippen molar-refractivity contribution in [2.45, 2.75) is 13.3 Å². The van der Waals surface area contributed by atoms with Gasteiger partial charge in [-0.3, -0.25) is 4.79 Å². The van der Waals surface area contributed by atoms with Crippen LogP contribution < -0.4 is 5.32 Å². The van der Waals surface area contributed by atoms with Gasteiger partial charge in [0.2, 0.25) is 0 Å². The fourth-order valence-electron chi connectivity index (χ4n) is 1.61. The van der Waals surface area contributed by atoms with Crippen molar-refractivity contribution in [1.29, 1.82) is 0 Å². The molecule has 0 bridgehead atoms. The van der Waals surface area contributed by atoms with Gasteiger partial charge in [-0.1, -0.05) is 31.2 Å². The van der Waals surface area contributed by atoms with Crippen LogP contribution in [0.5, 0.6) is 0 Å². The maximum absolute atomic E-state index is 11.8. The van der Waals surface area contributed by atoms with Crippen molar-refractivity contribution in [3.05, 3.63) is 35.4 Å². The third-order valence-corrected chi connectivity index (χ3v) is 2.80. The van der Waals surface area contributed by atoms with Gasteiger partial charge in [0.25, 0.3) is 0 Å². The van der Waals surface area contributed by atoms with Crippen molar-refractivity contribution in [1.82, 2.24) is 5.32 Å². The number of nitrogens with one attached hydrogen (secondary N) is 1. The van der Waals surface area contributed by atoms with E-state index < -0.39 is 0 Å². The van der Waals surface area contributed by atoms with Crippen LogP contribution in [0.2, 0.25) is 0 Å². The molecular formula is C12H15NO. The van der Waals surface area contributed by atoms with Crippen molar-refractivity contribution in [3.8, 4) is 0 Å². The molecule has 0 unspecified atom stereocenters. The molecule has 1 heterocycles. The smallest absolute Gasteiger partial charge is 0.168 e. The van der Waals surface area contributed by atoms with Gasteiger partial charge in [0.1, 0.15) is 0 Å². The van der Waals surface area contributed by atoms with E-state index in [0.29, 0.717) is 0 Å². The first-order valence-electron chi connectivity index (χ1n) is 5.15. The van der Waals surface area contributed by atoms with E-state index in [-0.39, 0.29) is 11.7 Å². The van der Waals surface area contributed by atoms with Crippen LogP contribution in [0.4, 0.5) is 0 Å². The molecule has 2 rings (SSSR count). The highest BCUT2D eigenvalue weighted by atomic mass is 16.1. The van der Waals surface area contributed by atoms with Gasteiger partial charge >= 0.3 is 0 Å². The zero-order valence-electron chi connectivity index (χ0n) is 8.42. The molecule has 0 saturated carbocycles. The molecular weight excluding hydrogens is 174 g/mol. The predicted molar refractivity (Wildman–Crippen MR) is 56.5 cm³/mol. The standard InChI is InChI=1S/C12H15NO/c1-2-9-3-5-10(6-4-9)12(14)11-7-13-8-11/h3-6,11,13H,2,7-8H2,1H3. The van der Waals surface area contributed by atoms with Crippen molar-refractivity contribution in [2.75, 3.05) is 13.1 Å². The van der Waals surface area contributed by atoms with Gasteiger partial charge < -0.3 is 5.32 Å². The van der Waals surface area contributed by atoms with Crippen LogP contribution in [0.3, 0.4) is 0 Å². The molecule has 1 aromatic carbocycles. The van der Waals surface area contributed by atoms with Gasteiger partial charge in [0.15, 0.2) is 5.78 Å². The second-order valence-electron chi connectivity index (χ2n) is 3.77. The maximum atomic E-state index is 11.8. The second-order valence-corrected chi connectivity index (χ2v) is 3.77. The molecule has 2 nitrogen and oxygen atoms in total. The minimum Gasteiger partial charge on any atom is -0.315 e. The van der Waals surface area contributed by atoms with Crippen LogP contribution in [-0.2, 0) is 6.42 Å². The van der Waals surface area contributed by atoms with Gasteiger partial charge in [-0.2, -0.15) is 0 Å². The lowest BCUT2D eigenvalue weighted by Gasteiger charge is -2.25. The molecule has 0 spiro atoms. The predicted octanol–water partition coefficient (Wildman–Crippen LogP) is 1.65. The Morgan fingerprint density at radius 1 is 1.36 bits per heavy atom. The number of hydrogen-bond acceptors (Lipinski definition) is 2. The van der Waals surface area contributed by atoms with Crippen molar-refractivity contribution >= 4 is 5.78 Å². The summed E-state index contributed by atoms with van der Waals surface area (Å²) < 4.78 is 0. The summed E-state index contributed by atoms with van der Waals surface area (Å²) in [4.78, 5) is 11.8. The van der Waals surface area contributed by atoms with Gasteiger partial charge in [-0.15, -0.1) is 0 Å². The van der Waals surface area contributed by atoms with E-state index in [1.807, 2.05) is 24.3 Å². The SMILES string of the molecule is CCc1ccc(C(=O)C2CNC2)cc1. The fourth-order valence-corrected chi connectivity index (χ4v) is 1.61. The van der Waals surface area contributed by atoms with Crippen molar-refractivity contribution in [3.63, 3.8) is 0 Å². The molecule has 1 N–H and O–H groups in total. The third kappa shape index (κ3) is 1.70. The lowest BCUT2D eigenvalue weighted by Crippen LogP contribution is -2.46. The monoisotopic (exact) mass is 189 g/mol. The van der Waals surface area contributed by atoms with Crippen LogP contribution in [-0.4, -0.2) is 18.9 Å². The number of carbonyl (C=O) groups excluding carboxylic acids is 1. The highest BCUT2D eigenvalue weighted by molar-refractivity contribution is 5.98. The Kier molecular flexibility index (Phi) is 2.64. The molecule has 0 radical (unpaired) electrons. The molecule has 1 aliphatic rings. The van der Waals surface area contributed by atoms with E-state index in [0.717, 1.165) is 25.1 Å². The lowest BCUT2D eigenvalue weighted by atomic mass is 9.92. The summed E-state index contributed by atoms with van der Waals surface area (Å²) in [6.07, 6.45) is 1.03. The maximum Gasteiger partial charge on any atom is 0.168 e. The van der Waals surface area contributed by atoms with Crippen LogP contribution >= 0.6 is 0 Å². The molecule has 1 saturated heterocycles. The summed E-state index contributed by atoms with van der Waals surface area (Å²) in [5, 5.41) is 3.11. The zero-order chi connectivity index (χ0) is 9.97. The van der Waals surface area contributed by atoms with Crippen molar-refractivity contribution in [2.24, 2.45) is 5.92 Å². The number of benzene rings is 1. The molecule has 1 fully saturated rings. The highest BCUT2D eigenvalue weighted by Crippen LogP contribution is 2.13. The largest absolute Gasteiger partial charge is 0.315 e. The molecule has 0 atom stereocenters. The topological polar surface area (TPSA) is 29.1 Å². The quantitative estimate of drug-likeness (QED) is 0.732. The highest BCUT2D eigenvalue weighted by Gasteiger charge is 2.25. The molecule has 2 heteroatoms. The Morgan fingerprint density at radius 2 is 2.00 bits per heavy atom. The van der Waals surface area contributed by atoms with Crippen LogP contribution in [0.1, 0.15) is 22.8 Å². The first-order valence-corrected chi connectivity index (χ1v) is 5.15. The lowest BCUT2D eigenvalue weighted by molar-refractivity contribution is 0.0878. The first kappa shape index (κ1) is 9.41. The number of rotatable bonds is 3. The van der Waals surface area contributed by atoms with Crippen LogP contribution in [0, 0.1) is 5.92 Å². The van der Waals surface area contributed by atoms with Gasteiger partial charge in [0.05, 0.1) is 0 Å². The number of carbonyl (C=O) groups is 1. The van der Waals surface area contributed by atoms with Crippen LogP contribution in [0.25, 0.3) is 0 Å². The summed E-state index contributed by atoms with van der Waals surface area (Å²) in [6.45, 7) is 3.80. The van der Waals surface area contributed by atoms with E-state index in [1.54, 1.807) is 0 Å². The van der Waals surface area contributed by atoms with Crippen LogP contribution in [0.15, 0.2) is 24.3 Å². The average molecular weight is 189 g/mol. The summed E-state index contributed by atoms with van der Waals surface area (Å²) >= 11 is 0. The normalized spacial score (nSPS) is 16.4. The molecule has 0 aromatic heterocycles. The summed E-state index contributed by atoms with van der Waals surface area (Å²) in [5.41, 5.74) is 2.14. The Hall–Kier alpha value is -1.15. The summed E-state index contributed by atoms with van der Waals surface area (Å²) in [7, 11) is 0. The fraction of sp³-hybridized carbons (Fsp3) is 0.417. The summed E-state index contributed by atoms with van der Waals surface area (Å²) in [6, 6.07) is 7.97. The van der Waals surface area contributed by atoms with Gasteiger partial charge in [-0.25, -0.2) is 0 Å². The molecule has 1 aromatic rings. The van der Waals surface area contributed by atoms with Gasteiger partial charge in [-0.05, 0) is 12.0 Å². The van der Waals surface area contributed by atoms with Crippen molar-refractivity contribution < 1.29 is 4.79 Å². The number of Topliss-reactive ketones (excluding diaryl/α,β-unsaturated/α-hetero) is 1. The first-order chi connectivity index (χ1) is 6.81. The molecule has 0 aliphatic carbocycles. The Morgan fingerprint density at radius 3 is 2.43 bits per heavy atom. The van der Waals surface area contributed by atoms with Gasteiger partial charge in [0, 0.05) is 24.6 Å². The van der Waals surface area contributed by atoms with E-state index in [4.69, 9.17) is 0 Å². The van der Waals surface area contributed by atoms with E-state index in [9.17, 15) is 4.79 Å². The Balaban J connectivity index is 2.11. The number of ketones is 1. The second kappa shape index (κ2) is 3.93. The molecule has 74 valence electrons. The van der Waals surface area contributed by atoms with E-state index in [1.165, 1.54) is 5.56 Å². The minimum atomic E-state index is 0.211. The minimum absolute atomic E-state index is 0.211. The number of hydrogen-bond donors (Lipinski definition) is 1. The molecule has 1 aliphatic heterocycles. The number of aryl methyl sites for hydroxylation is 1. The third-order valence-electron chi connectivity index (χ3n) is 2.80. The Labute approximate surface area is 84.3 Å². The Bertz CT molecular complexity index is 325. The molecule has 0 amide bonds.